The second-order valence-corrected chi connectivity index (χ2v) is 7.09. The van der Waals surface area contributed by atoms with E-state index in [0.717, 1.165) is 32.7 Å². The van der Waals surface area contributed by atoms with Gasteiger partial charge in [0.15, 0.2) is 0 Å². The molecule has 0 aliphatic carbocycles. The fourth-order valence-corrected chi connectivity index (χ4v) is 3.98. The average molecular weight is 358 g/mol. The zero-order chi connectivity index (χ0) is 18.5. The summed E-state index contributed by atoms with van der Waals surface area (Å²) in [7, 11) is 0. The summed E-state index contributed by atoms with van der Waals surface area (Å²) in [5.41, 5.74) is 13.9. The van der Waals surface area contributed by atoms with Gasteiger partial charge in [0.1, 0.15) is 0 Å². The Hall–Kier alpha value is -2.46. The number of nitrogens with two attached hydrogens (primary N) is 1. The maximum absolute atomic E-state index is 6.31. The summed E-state index contributed by atoms with van der Waals surface area (Å²) in [6.45, 7) is 5.81. The highest BCUT2D eigenvalue weighted by Gasteiger charge is 2.18. The largest absolute Gasteiger partial charge is 0.326 e. The summed E-state index contributed by atoms with van der Waals surface area (Å²) >= 11 is 0. The summed E-state index contributed by atoms with van der Waals surface area (Å²) in [5, 5.41) is 3.43. The van der Waals surface area contributed by atoms with E-state index in [4.69, 9.17) is 5.73 Å². The van der Waals surface area contributed by atoms with Crippen molar-refractivity contribution >= 4 is 0 Å². The SMILES string of the molecule is NCc1c(CN2CCNCC2)ccc(-c2ccccc2)c1-c1ccccc1. The first-order chi connectivity index (χ1) is 13.4. The van der Waals surface area contributed by atoms with Gasteiger partial charge in [0.2, 0.25) is 0 Å². The van der Waals surface area contributed by atoms with Crippen molar-refractivity contribution < 1.29 is 0 Å². The van der Waals surface area contributed by atoms with Gasteiger partial charge < -0.3 is 11.1 Å². The lowest BCUT2D eigenvalue weighted by molar-refractivity contribution is 0.232. The lowest BCUT2D eigenvalue weighted by atomic mass is 9.87. The van der Waals surface area contributed by atoms with Crippen LogP contribution in [0.15, 0.2) is 72.8 Å². The van der Waals surface area contributed by atoms with Gasteiger partial charge in [-0.3, -0.25) is 4.90 Å². The first-order valence-corrected chi connectivity index (χ1v) is 9.75. The fourth-order valence-electron chi connectivity index (χ4n) is 3.98. The van der Waals surface area contributed by atoms with E-state index in [2.05, 4.69) is 83.0 Å². The highest BCUT2D eigenvalue weighted by molar-refractivity contribution is 5.86. The zero-order valence-electron chi connectivity index (χ0n) is 15.7. The van der Waals surface area contributed by atoms with Crippen molar-refractivity contribution in [3.63, 3.8) is 0 Å². The van der Waals surface area contributed by atoms with Crippen molar-refractivity contribution in [3.05, 3.63) is 83.9 Å². The van der Waals surface area contributed by atoms with Crippen LogP contribution in [0.25, 0.3) is 22.3 Å². The van der Waals surface area contributed by atoms with Crippen LogP contribution < -0.4 is 11.1 Å². The van der Waals surface area contributed by atoms with Crippen LogP contribution in [0.2, 0.25) is 0 Å². The van der Waals surface area contributed by atoms with Gasteiger partial charge in [0.25, 0.3) is 0 Å². The number of benzene rings is 3. The van der Waals surface area contributed by atoms with Gasteiger partial charge in [-0.25, -0.2) is 0 Å². The third kappa shape index (κ3) is 3.96. The molecule has 0 spiro atoms. The Morgan fingerprint density at radius 1 is 0.778 bits per heavy atom. The molecular formula is C24H27N3. The van der Waals surface area contributed by atoms with Crippen molar-refractivity contribution in [3.8, 4) is 22.3 Å². The first-order valence-electron chi connectivity index (χ1n) is 9.75. The van der Waals surface area contributed by atoms with E-state index >= 15 is 0 Å². The topological polar surface area (TPSA) is 41.3 Å². The Morgan fingerprint density at radius 3 is 2.04 bits per heavy atom. The predicted octanol–water partition coefficient (Wildman–Crippen LogP) is 3.88. The number of piperazine rings is 1. The van der Waals surface area contributed by atoms with Crippen molar-refractivity contribution in [1.82, 2.24) is 10.2 Å². The molecule has 138 valence electrons. The van der Waals surface area contributed by atoms with Crippen LogP contribution in [0.1, 0.15) is 11.1 Å². The van der Waals surface area contributed by atoms with Crippen molar-refractivity contribution in [2.24, 2.45) is 5.73 Å². The van der Waals surface area contributed by atoms with Gasteiger partial charge in [0.05, 0.1) is 0 Å². The van der Waals surface area contributed by atoms with Gasteiger partial charge in [-0.15, -0.1) is 0 Å². The van der Waals surface area contributed by atoms with Crippen LogP contribution in [0, 0.1) is 0 Å². The molecule has 0 amide bonds. The minimum atomic E-state index is 0.548. The Balaban J connectivity index is 1.83. The maximum atomic E-state index is 6.31. The lowest BCUT2D eigenvalue weighted by Crippen LogP contribution is -2.43. The first kappa shape index (κ1) is 17.9. The molecule has 1 aliphatic rings. The number of hydrogen-bond acceptors (Lipinski definition) is 3. The third-order valence-corrected chi connectivity index (χ3v) is 5.36. The predicted molar refractivity (Wildman–Crippen MR) is 113 cm³/mol. The quantitative estimate of drug-likeness (QED) is 0.728. The Kier molecular flexibility index (Phi) is 5.64. The Bertz CT molecular complexity index is 869. The number of nitrogens with one attached hydrogen (secondary N) is 1. The fraction of sp³-hybridized carbons (Fsp3) is 0.250. The Morgan fingerprint density at radius 2 is 1.41 bits per heavy atom. The average Bonchev–Trinajstić information content (AvgIpc) is 2.75. The third-order valence-electron chi connectivity index (χ3n) is 5.36. The molecule has 3 N–H and O–H groups in total. The summed E-state index contributed by atoms with van der Waals surface area (Å²) in [5.74, 6) is 0. The molecule has 3 aromatic rings. The Labute approximate surface area is 161 Å². The molecule has 3 nitrogen and oxygen atoms in total. The van der Waals surface area contributed by atoms with Crippen LogP contribution in [0.5, 0.6) is 0 Å². The van der Waals surface area contributed by atoms with Crippen LogP contribution in [-0.2, 0) is 13.1 Å². The molecule has 0 saturated carbocycles. The summed E-state index contributed by atoms with van der Waals surface area (Å²) < 4.78 is 0. The van der Waals surface area contributed by atoms with E-state index in [1.54, 1.807) is 0 Å². The summed E-state index contributed by atoms with van der Waals surface area (Å²) in [6.07, 6.45) is 0. The van der Waals surface area contributed by atoms with Crippen LogP contribution in [0.4, 0.5) is 0 Å². The number of hydrogen-bond donors (Lipinski definition) is 2. The van der Waals surface area contributed by atoms with E-state index in [1.807, 2.05) is 0 Å². The van der Waals surface area contributed by atoms with Crippen LogP contribution >= 0.6 is 0 Å². The highest BCUT2D eigenvalue weighted by atomic mass is 15.2. The van der Waals surface area contributed by atoms with E-state index in [9.17, 15) is 0 Å². The highest BCUT2D eigenvalue weighted by Crippen LogP contribution is 2.37. The van der Waals surface area contributed by atoms with Crippen molar-refractivity contribution in [2.45, 2.75) is 13.1 Å². The maximum Gasteiger partial charge on any atom is 0.0238 e. The monoisotopic (exact) mass is 357 g/mol. The summed E-state index contributed by atoms with van der Waals surface area (Å²) in [4.78, 5) is 2.52. The number of rotatable bonds is 5. The standard InChI is InChI=1S/C24H27N3/c25-17-23-21(18-27-15-13-26-14-16-27)11-12-22(19-7-3-1-4-8-19)24(23)20-9-5-2-6-10-20/h1-12,26H,13-18,25H2. The normalized spacial score (nSPS) is 15.0. The lowest BCUT2D eigenvalue weighted by Gasteiger charge is -2.29. The molecule has 3 aromatic carbocycles. The summed E-state index contributed by atoms with van der Waals surface area (Å²) in [6, 6.07) is 25.8. The molecule has 1 heterocycles. The smallest absolute Gasteiger partial charge is 0.0238 e. The van der Waals surface area contributed by atoms with Crippen molar-refractivity contribution in [2.75, 3.05) is 26.2 Å². The zero-order valence-corrected chi connectivity index (χ0v) is 15.7. The van der Waals surface area contributed by atoms with Gasteiger partial charge >= 0.3 is 0 Å². The molecule has 0 aromatic heterocycles. The van der Waals surface area contributed by atoms with E-state index in [0.29, 0.717) is 6.54 Å². The molecule has 0 atom stereocenters. The molecule has 0 radical (unpaired) electrons. The molecule has 1 saturated heterocycles. The molecular weight excluding hydrogens is 330 g/mol. The van der Waals surface area contributed by atoms with E-state index in [1.165, 1.54) is 33.4 Å². The number of nitrogens with zero attached hydrogens (tertiary/aromatic N) is 1. The molecule has 27 heavy (non-hydrogen) atoms. The van der Waals surface area contributed by atoms with Crippen LogP contribution in [0.3, 0.4) is 0 Å². The molecule has 0 unspecified atom stereocenters. The minimum absolute atomic E-state index is 0.548. The molecule has 4 rings (SSSR count). The second kappa shape index (κ2) is 8.49. The van der Waals surface area contributed by atoms with Gasteiger partial charge in [-0.05, 0) is 33.4 Å². The van der Waals surface area contributed by atoms with Gasteiger partial charge in [-0.1, -0.05) is 72.8 Å². The van der Waals surface area contributed by atoms with Gasteiger partial charge in [0, 0.05) is 39.3 Å². The van der Waals surface area contributed by atoms with Crippen LogP contribution in [-0.4, -0.2) is 31.1 Å². The van der Waals surface area contributed by atoms with E-state index in [-0.39, 0.29) is 0 Å². The molecule has 1 fully saturated rings. The molecule has 1 aliphatic heterocycles. The minimum Gasteiger partial charge on any atom is -0.326 e. The molecule has 0 bridgehead atoms. The van der Waals surface area contributed by atoms with Crippen molar-refractivity contribution in [1.29, 1.82) is 0 Å². The van der Waals surface area contributed by atoms with Gasteiger partial charge in [-0.2, -0.15) is 0 Å². The van der Waals surface area contributed by atoms with E-state index < -0.39 is 0 Å². The second-order valence-electron chi connectivity index (χ2n) is 7.09. The molecule has 3 heteroatoms.